The predicted octanol–water partition coefficient (Wildman–Crippen LogP) is 1.30. The Bertz CT molecular complexity index is 604. The third-order valence-electron chi connectivity index (χ3n) is 3.11. The maximum absolute atomic E-state index is 13.0. The van der Waals surface area contributed by atoms with E-state index in [1.54, 1.807) is 13.0 Å². The highest BCUT2D eigenvalue weighted by Crippen LogP contribution is 2.25. The van der Waals surface area contributed by atoms with Gasteiger partial charge in [0.2, 0.25) is 10.0 Å². The lowest BCUT2D eigenvalue weighted by Gasteiger charge is -2.17. The Kier molecular flexibility index (Phi) is 5.66. The van der Waals surface area contributed by atoms with Crippen LogP contribution in [0.15, 0.2) is 17.0 Å². The molecule has 0 aromatic heterocycles. The molecule has 0 unspecified atom stereocenters. The Labute approximate surface area is 123 Å². The van der Waals surface area contributed by atoms with Crippen molar-refractivity contribution in [2.75, 3.05) is 18.9 Å². The fourth-order valence-electron chi connectivity index (χ4n) is 1.88. The first kappa shape index (κ1) is 17.8. The van der Waals surface area contributed by atoms with Crippen LogP contribution < -0.4 is 10.5 Å². The van der Waals surface area contributed by atoms with Gasteiger partial charge < -0.3 is 10.8 Å². The quantitative estimate of drug-likeness (QED) is 0.660. The Morgan fingerprint density at radius 1 is 1.29 bits per heavy atom. The van der Waals surface area contributed by atoms with Gasteiger partial charge in [0, 0.05) is 5.69 Å². The smallest absolute Gasteiger partial charge is 0.283 e. The summed E-state index contributed by atoms with van der Waals surface area (Å²) in [4.78, 5) is -0.0874. The van der Waals surface area contributed by atoms with Gasteiger partial charge in [0.1, 0.15) is 6.61 Å². The highest BCUT2D eigenvalue weighted by molar-refractivity contribution is 7.89. The summed E-state index contributed by atoms with van der Waals surface area (Å²) in [6.45, 7) is 0.987. The molecule has 8 heteroatoms. The summed E-state index contributed by atoms with van der Waals surface area (Å²) in [6, 6.07) is 3.12. The molecule has 0 aliphatic heterocycles. The average Bonchev–Trinajstić information content (AvgIpc) is 2.44. The number of nitrogens with one attached hydrogen (secondary N) is 1. The number of sulfonamides is 1. The fraction of sp³-hybridized carbons (Fsp3) is 0.538. The highest BCUT2D eigenvalue weighted by atomic mass is 32.2. The number of anilines is 1. The predicted molar refractivity (Wildman–Crippen MR) is 76.8 cm³/mol. The Morgan fingerprint density at radius 2 is 1.90 bits per heavy atom. The number of aliphatic hydroxyl groups is 1. The lowest BCUT2D eigenvalue weighted by molar-refractivity contribution is -0.0437. The van der Waals surface area contributed by atoms with Crippen molar-refractivity contribution in [2.24, 2.45) is 0 Å². The molecule has 0 spiro atoms. The average molecular weight is 322 g/mol. The first-order valence-corrected chi connectivity index (χ1v) is 8.04. The Morgan fingerprint density at radius 3 is 2.38 bits per heavy atom. The van der Waals surface area contributed by atoms with Crippen molar-refractivity contribution in [2.45, 2.75) is 37.5 Å². The van der Waals surface area contributed by atoms with E-state index in [0.717, 1.165) is 0 Å². The number of nitrogen functional groups attached to an aromatic ring is 1. The number of rotatable bonds is 7. The molecular weight excluding hydrogens is 302 g/mol. The van der Waals surface area contributed by atoms with Gasteiger partial charge in [0.15, 0.2) is 0 Å². The molecule has 5 nitrogen and oxygen atoms in total. The monoisotopic (exact) mass is 322 g/mol. The molecule has 0 saturated heterocycles. The van der Waals surface area contributed by atoms with E-state index in [2.05, 4.69) is 0 Å². The molecule has 1 aromatic rings. The summed E-state index contributed by atoms with van der Waals surface area (Å²) in [5.74, 6) is -3.51. The molecule has 120 valence electrons. The molecule has 1 aromatic carbocycles. The molecule has 0 atom stereocenters. The van der Waals surface area contributed by atoms with Crippen LogP contribution in [-0.2, 0) is 22.9 Å². The molecule has 0 heterocycles. The maximum Gasteiger partial charge on any atom is 0.283 e. The number of benzene rings is 1. The van der Waals surface area contributed by atoms with Crippen molar-refractivity contribution in [1.82, 2.24) is 4.72 Å². The van der Waals surface area contributed by atoms with E-state index < -0.39 is 29.1 Å². The summed E-state index contributed by atoms with van der Waals surface area (Å²) < 4.78 is 52.3. The Hall–Kier alpha value is -1.25. The first-order chi connectivity index (χ1) is 9.66. The van der Waals surface area contributed by atoms with Crippen LogP contribution in [0.4, 0.5) is 14.5 Å². The highest BCUT2D eigenvalue weighted by Gasteiger charge is 2.31. The molecule has 21 heavy (non-hydrogen) atoms. The van der Waals surface area contributed by atoms with E-state index in [9.17, 15) is 17.2 Å². The third-order valence-corrected chi connectivity index (χ3v) is 4.57. The van der Waals surface area contributed by atoms with Crippen molar-refractivity contribution >= 4 is 15.7 Å². The molecule has 0 aliphatic carbocycles. The standard InChI is InChI=1S/C13H20F2N2O3S/c1-3-9-5-11(16)10(4-2)12(6-9)21(19,20)17-7-13(14,15)8-18/h5-6,17-18H,3-4,7-8,16H2,1-2H3. The number of alkyl halides is 2. The molecule has 4 N–H and O–H groups in total. The molecule has 0 radical (unpaired) electrons. The fourth-order valence-corrected chi connectivity index (χ4v) is 3.33. The lowest BCUT2D eigenvalue weighted by atomic mass is 10.1. The number of halogens is 2. The van der Waals surface area contributed by atoms with Gasteiger partial charge in [-0.15, -0.1) is 0 Å². The van der Waals surface area contributed by atoms with Gasteiger partial charge in [-0.25, -0.2) is 21.9 Å². The molecule has 0 saturated carbocycles. The van der Waals surface area contributed by atoms with E-state index in [-0.39, 0.29) is 4.90 Å². The molecular formula is C13H20F2N2O3S. The zero-order chi connectivity index (χ0) is 16.3. The number of aryl methyl sites for hydroxylation is 1. The van der Waals surface area contributed by atoms with Crippen molar-refractivity contribution in [3.63, 3.8) is 0 Å². The second-order valence-electron chi connectivity index (χ2n) is 4.71. The van der Waals surface area contributed by atoms with Crippen LogP contribution >= 0.6 is 0 Å². The number of hydrogen-bond acceptors (Lipinski definition) is 4. The second kappa shape index (κ2) is 6.67. The van der Waals surface area contributed by atoms with Crippen molar-refractivity contribution in [3.05, 3.63) is 23.3 Å². The van der Waals surface area contributed by atoms with Gasteiger partial charge in [0.25, 0.3) is 5.92 Å². The lowest BCUT2D eigenvalue weighted by Crippen LogP contribution is -2.39. The van der Waals surface area contributed by atoms with Crippen LogP contribution in [0.3, 0.4) is 0 Å². The largest absolute Gasteiger partial charge is 0.398 e. The number of hydrogen-bond donors (Lipinski definition) is 3. The minimum atomic E-state index is -4.12. The SMILES string of the molecule is CCc1cc(N)c(CC)c(S(=O)(=O)NCC(F)(F)CO)c1. The summed E-state index contributed by atoms with van der Waals surface area (Å²) in [6.07, 6.45) is 0.936. The third kappa shape index (κ3) is 4.36. The number of aliphatic hydroxyl groups excluding tert-OH is 1. The van der Waals surface area contributed by atoms with Crippen molar-refractivity contribution in [3.8, 4) is 0 Å². The van der Waals surface area contributed by atoms with Gasteiger partial charge in [-0.1, -0.05) is 13.8 Å². The van der Waals surface area contributed by atoms with Crippen LogP contribution in [0.5, 0.6) is 0 Å². The van der Waals surface area contributed by atoms with Crippen LogP contribution in [0.2, 0.25) is 0 Å². The summed E-state index contributed by atoms with van der Waals surface area (Å²) in [5, 5.41) is 8.48. The van der Waals surface area contributed by atoms with Crippen LogP contribution in [-0.4, -0.2) is 32.6 Å². The topological polar surface area (TPSA) is 92.4 Å². The normalized spacial score (nSPS) is 12.6. The zero-order valence-electron chi connectivity index (χ0n) is 12.0. The van der Waals surface area contributed by atoms with Gasteiger partial charge in [-0.3, -0.25) is 0 Å². The van der Waals surface area contributed by atoms with Gasteiger partial charge >= 0.3 is 0 Å². The number of nitrogens with two attached hydrogens (primary N) is 1. The minimum absolute atomic E-state index is 0.0874. The minimum Gasteiger partial charge on any atom is -0.398 e. The van der Waals surface area contributed by atoms with Gasteiger partial charge in [0.05, 0.1) is 11.4 Å². The van der Waals surface area contributed by atoms with Gasteiger partial charge in [-0.2, -0.15) is 0 Å². The molecule has 0 fully saturated rings. The molecule has 0 amide bonds. The van der Waals surface area contributed by atoms with E-state index >= 15 is 0 Å². The van der Waals surface area contributed by atoms with E-state index in [1.807, 2.05) is 11.6 Å². The zero-order valence-corrected chi connectivity index (χ0v) is 12.8. The van der Waals surface area contributed by atoms with Crippen molar-refractivity contribution in [1.29, 1.82) is 0 Å². The van der Waals surface area contributed by atoms with E-state index in [1.165, 1.54) is 6.07 Å². The van der Waals surface area contributed by atoms with Crippen LogP contribution in [0.25, 0.3) is 0 Å². The van der Waals surface area contributed by atoms with Crippen molar-refractivity contribution < 1.29 is 22.3 Å². The van der Waals surface area contributed by atoms with E-state index in [0.29, 0.717) is 29.7 Å². The maximum atomic E-state index is 13.0. The second-order valence-corrected chi connectivity index (χ2v) is 6.44. The molecule has 0 bridgehead atoms. The Balaban J connectivity index is 3.21. The first-order valence-electron chi connectivity index (χ1n) is 6.56. The summed E-state index contributed by atoms with van der Waals surface area (Å²) in [5.41, 5.74) is 7.26. The van der Waals surface area contributed by atoms with Crippen LogP contribution in [0, 0.1) is 0 Å². The summed E-state index contributed by atoms with van der Waals surface area (Å²) in [7, 11) is -4.12. The summed E-state index contributed by atoms with van der Waals surface area (Å²) >= 11 is 0. The van der Waals surface area contributed by atoms with Gasteiger partial charge in [-0.05, 0) is 36.1 Å². The molecule has 1 rings (SSSR count). The molecule has 0 aliphatic rings. The van der Waals surface area contributed by atoms with E-state index in [4.69, 9.17) is 10.8 Å². The van der Waals surface area contributed by atoms with Crippen LogP contribution in [0.1, 0.15) is 25.0 Å².